The van der Waals surface area contributed by atoms with E-state index < -0.39 is 0 Å². The summed E-state index contributed by atoms with van der Waals surface area (Å²) in [6.45, 7) is 0.820. The van der Waals surface area contributed by atoms with E-state index >= 15 is 0 Å². The molecule has 0 aliphatic heterocycles. The Morgan fingerprint density at radius 2 is 1.59 bits per heavy atom. The van der Waals surface area contributed by atoms with Crippen molar-refractivity contribution in [2.75, 3.05) is 12.4 Å². The van der Waals surface area contributed by atoms with Gasteiger partial charge >= 0.3 is 0 Å². The van der Waals surface area contributed by atoms with Crippen molar-refractivity contribution in [3.63, 3.8) is 0 Å². The zero-order valence-electron chi connectivity index (χ0n) is 14.6. The van der Waals surface area contributed by atoms with Crippen molar-refractivity contribution in [1.82, 2.24) is 0 Å². The largest absolute Gasteiger partial charge is 0.497 e. The smallest absolute Gasteiger partial charge is 0.143 e. The first-order valence-corrected chi connectivity index (χ1v) is 9.42. The van der Waals surface area contributed by atoms with Crippen molar-refractivity contribution in [3.8, 4) is 11.5 Å². The normalized spacial score (nSPS) is 10.5. The van der Waals surface area contributed by atoms with Crippen LogP contribution in [0.15, 0.2) is 60.7 Å². The van der Waals surface area contributed by atoms with Gasteiger partial charge in [-0.15, -0.1) is 0 Å². The first kappa shape index (κ1) is 19.7. The number of hydrogen-bond donors (Lipinski definition) is 1. The van der Waals surface area contributed by atoms with Crippen molar-refractivity contribution < 1.29 is 9.47 Å². The standard InChI is InChI=1S/C21H18Cl3NO2/c1-26-18-8-6-17(7-9-18)25-12-15-10-16(22)11-20(24)21(15)27-13-14-4-2-3-5-19(14)23/h2-11,25H,12-13H2,1H3. The second-order valence-corrected chi connectivity index (χ2v) is 7.09. The monoisotopic (exact) mass is 421 g/mol. The second kappa shape index (κ2) is 9.23. The van der Waals surface area contributed by atoms with Gasteiger partial charge in [-0.05, 0) is 42.5 Å². The minimum absolute atomic E-state index is 0.316. The molecule has 6 heteroatoms. The number of rotatable bonds is 7. The molecule has 0 heterocycles. The highest BCUT2D eigenvalue weighted by Gasteiger charge is 2.12. The van der Waals surface area contributed by atoms with Crippen molar-refractivity contribution in [3.05, 3.63) is 86.9 Å². The summed E-state index contributed by atoms with van der Waals surface area (Å²) < 4.78 is 11.2. The maximum absolute atomic E-state index is 6.38. The van der Waals surface area contributed by atoms with Crippen LogP contribution in [0.2, 0.25) is 15.1 Å². The number of nitrogens with one attached hydrogen (secondary N) is 1. The maximum atomic E-state index is 6.38. The van der Waals surface area contributed by atoms with Crippen molar-refractivity contribution in [1.29, 1.82) is 0 Å². The van der Waals surface area contributed by atoms with Crippen LogP contribution in [0.25, 0.3) is 0 Å². The molecule has 0 spiro atoms. The average molecular weight is 423 g/mol. The van der Waals surface area contributed by atoms with E-state index in [9.17, 15) is 0 Å². The molecule has 0 aliphatic rings. The number of anilines is 1. The Morgan fingerprint density at radius 3 is 2.30 bits per heavy atom. The third-order valence-corrected chi connectivity index (χ3v) is 4.86. The van der Waals surface area contributed by atoms with Gasteiger partial charge in [-0.1, -0.05) is 53.0 Å². The van der Waals surface area contributed by atoms with Gasteiger partial charge in [0.15, 0.2) is 0 Å². The van der Waals surface area contributed by atoms with E-state index in [4.69, 9.17) is 44.3 Å². The summed E-state index contributed by atoms with van der Waals surface area (Å²) in [4.78, 5) is 0. The van der Waals surface area contributed by atoms with E-state index in [1.807, 2.05) is 54.6 Å². The minimum atomic E-state index is 0.316. The van der Waals surface area contributed by atoms with Gasteiger partial charge in [0.25, 0.3) is 0 Å². The SMILES string of the molecule is COc1ccc(NCc2cc(Cl)cc(Cl)c2OCc2ccccc2Cl)cc1. The summed E-state index contributed by atoms with van der Waals surface area (Å²) in [5.41, 5.74) is 2.69. The lowest BCUT2D eigenvalue weighted by Crippen LogP contribution is -2.05. The number of hydrogen-bond acceptors (Lipinski definition) is 3. The second-order valence-electron chi connectivity index (χ2n) is 5.84. The summed E-state index contributed by atoms with van der Waals surface area (Å²) in [5, 5.41) is 5.00. The van der Waals surface area contributed by atoms with Crippen molar-refractivity contribution in [2.45, 2.75) is 13.2 Å². The molecule has 0 radical (unpaired) electrons. The number of ether oxygens (including phenoxy) is 2. The fourth-order valence-electron chi connectivity index (χ4n) is 2.58. The lowest BCUT2D eigenvalue weighted by atomic mass is 10.2. The molecule has 0 aliphatic carbocycles. The van der Waals surface area contributed by atoms with E-state index in [2.05, 4.69) is 5.32 Å². The summed E-state index contributed by atoms with van der Waals surface area (Å²) in [6, 6.07) is 18.7. The van der Waals surface area contributed by atoms with Gasteiger partial charge in [0, 0.05) is 33.4 Å². The first-order chi connectivity index (χ1) is 13.1. The van der Waals surface area contributed by atoms with E-state index in [1.165, 1.54) is 0 Å². The van der Waals surface area contributed by atoms with E-state index in [0.29, 0.717) is 34.0 Å². The third kappa shape index (κ3) is 5.23. The van der Waals surface area contributed by atoms with Gasteiger partial charge in [0.2, 0.25) is 0 Å². The Morgan fingerprint density at radius 1 is 0.852 bits per heavy atom. The van der Waals surface area contributed by atoms with E-state index in [-0.39, 0.29) is 0 Å². The molecular weight excluding hydrogens is 405 g/mol. The van der Waals surface area contributed by atoms with E-state index in [1.54, 1.807) is 13.2 Å². The van der Waals surface area contributed by atoms with Crippen LogP contribution < -0.4 is 14.8 Å². The molecule has 0 bridgehead atoms. The quantitative estimate of drug-likeness (QED) is 0.452. The molecule has 0 aromatic heterocycles. The van der Waals surface area contributed by atoms with Gasteiger partial charge in [0.1, 0.15) is 18.1 Å². The minimum Gasteiger partial charge on any atom is -0.497 e. The summed E-state index contributed by atoms with van der Waals surface area (Å²) in [7, 11) is 1.64. The number of methoxy groups -OCH3 is 1. The van der Waals surface area contributed by atoms with Gasteiger partial charge in [-0.3, -0.25) is 0 Å². The average Bonchev–Trinajstić information content (AvgIpc) is 2.67. The fraction of sp³-hybridized carbons (Fsp3) is 0.143. The Hall–Kier alpha value is -2.07. The van der Waals surface area contributed by atoms with Crippen LogP contribution in [-0.2, 0) is 13.2 Å². The molecule has 0 saturated carbocycles. The summed E-state index contributed by atoms with van der Waals surface area (Å²) in [6.07, 6.45) is 0. The molecule has 3 aromatic rings. The van der Waals surface area contributed by atoms with Crippen LogP contribution in [0.5, 0.6) is 11.5 Å². The van der Waals surface area contributed by atoms with Crippen LogP contribution in [0.1, 0.15) is 11.1 Å². The van der Waals surface area contributed by atoms with Gasteiger partial charge in [0.05, 0.1) is 12.1 Å². The number of halogens is 3. The molecular formula is C21H18Cl3NO2. The zero-order valence-corrected chi connectivity index (χ0v) is 16.9. The van der Waals surface area contributed by atoms with Gasteiger partial charge in [-0.2, -0.15) is 0 Å². The molecule has 3 aromatic carbocycles. The summed E-state index contributed by atoms with van der Waals surface area (Å²) >= 11 is 18.8. The van der Waals surface area contributed by atoms with Crippen LogP contribution in [-0.4, -0.2) is 7.11 Å². The lowest BCUT2D eigenvalue weighted by molar-refractivity contribution is 0.303. The zero-order chi connectivity index (χ0) is 19.2. The molecule has 0 atom stereocenters. The summed E-state index contributed by atoms with van der Waals surface area (Å²) in [5.74, 6) is 1.39. The van der Waals surface area contributed by atoms with Crippen LogP contribution >= 0.6 is 34.8 Å². The van der Waals surface area contributed by atoms with Gasteiger partial charge in [-0.25, -0.2) is 0 Å². The van der Waals surface area contributed by atoms with Crippen LogP contribution in [0.3, 0.4) is 0 Å². The molecule has 27 heavy (non-hydrogen) atoms. The van der Waals surface area contributed by atoms with Crippen LogP contribution in [0.4, 0.5) is 5.69 Å². The number of benzene rings is 3. The van der Waals surface area contributed by atoms with Gasteiger partial charge < -0.3 is 14.8 Å². The highest BCUT2D eigenvalue weighted by atomic mass is 35.5. The predicted molar refractivity (Wildman–Crippen MR) is 113 cm³/mol. The molecule has 140 valence electrons. The molecule has 1 N–H and O–H groups in total. The highest BCUT2D eigenvalue weighted by Crippen LogP contribution is 2.34. The Kier molecular flexibility index (Phi) is 6.73. The molecule has 0 amide bonds. The van der Waals surface area contributed by atoms with Crippen molar-refractivity contribution >= 4 is 40.5 Å². The molecule has 0 saturated heterocycles. The fourth-order valence-corrected chi connectivity index (χ4v) is 3.36. The first-order valence-electron chi connectivity index (χ1n) is 8.29. The van der Waals surface area contributed by atoms with E-state index in [0.717, 1.165) is 22.6 Å². The molecule has 0 fully saturated rings. The topological polar surface area (TPSA) is 30.5 Å². The molecule has 0 unspecified atom stereocenters. The Balaban J connectivity index is 1.76. The third-order valence-electron chi connectivity index (χ3n) is 3.99. The Labute approximate surface area is 173 Å². The Bertz CT molecular complexity index is 914. The van der Waals surface area contributed by atoms with Crippen LogP contribution in [0, 0.1) is 0 Å². The van der Waals surface area contributed by atoms with Crippen molar-refractivity contribution in [2.24, 2.45) is 0 Å². The molecule has 3 rings (SSSR count). The molecule has 3 nitrogen and oxygen atoms in total. The maximum Gasteiger partial charge on any atom is 0.143 e. The highest BCUT2D eigenvalue weighted by molar-refractivity contribution is 6.35. The lowest BCUT2D eigenvalue weighted by Gasteiger charge is -2.16. The predicted octanol–water partition coefficient (Wildman–Crippen LogP) is 6.85.